The molecule has 0 N–H and O–H groups in total. The molecular formula is C18H15F3N2O. The van der Waals surface area contributed by atoms with E-state index in [0.29, 0.717) is 29.2 Å². The zero-order valence-electron chi connectivity index (χ0n) is 12.8. The molecule has 1 fully saturated rings. The van der Waals surface area contributed by atoms with Crippen LogP contribution in [0.5, 0.6) is 0 Å². The third-order valence-corrected chi connectivity index (χ3v) is 4.41. The molecule has 2 aromatic carbocycles. The molecule has 1 unspecified atom stereocenters. The van der Waals surface area contributed by atoms with E-state index in [1.807, 2.05) is 4.90 Å². The van der Waals surface area contributed by atoms with E-state index >= 15 is 0 Å². The van der Waals surface area contributed by atoms with Crippen molar-refractivity contribution in [3.05, 3.63) is 59.4 Å². The highest BCUT2D eigenvalue weighted by Crippen LogP contribution is 2.37. The Hall–Kier alpha value is -2.50. The molecule has 1 atom stereocenters. The molecule has 0 bridgehead atoms. The molecule has 1 aliphatic heterocycles. The summed E-state index contributed by atoms with van der Waals surface area (Å²) in [6.07, 6.45) is 2.58. The zero-order valence-corrected chi connectivity index (χ0v) is 12.8. The van der Waals surface area contributed by atoms with Crippen molar-refractivity contribution in [3.63, 3.8) is 0 Å². The van der Waals surface area contributed by atoms with Crippen LogP contribution in [-0.4, -0.2) is 11.5 Å². The van der Waals surface area contributed by atoms with Gasteiger partial charge in [0.15, 0.2) is 5.58 Å². The van der Waals surface area contributed by atoms with Crippen LogP contribution in [0.1, 0.15) is 30.9 Å². The SMILES string of the molecule is Fc1ccc(C2CCCCN2c2nc3ccc(F)cc3o2)c(F)c1. The Labute approximate surface area is 136 Å². The molecule has 1 saturated heterocycles. The van der Waals surface area contributed by atoms with Gasteiger partial charge in [-0.15, -0.1) is 0 Å². The molecule has 6 heteroatoms. The van der Waals surface area contributed by atoms with E-state index in [4.69, 9.17) is 4.42 Å². The fourth-order valence-corrected chi connectivity index (χ4v) is 3.26. The van der Waals surface area contributed by atoms with Gasteiger partial charge in [-0.3, -0.25) is 0 Å². The van der Waals surface area contributed by atoms with Crippen LogP contribution >= 0.6 is 0 Å². The zero-order chi connectivity index (χ0) is 16.7. The standard InChI is InChI=1S/C18H15F3N2O/c19-11-4-6-13(14(21)9-11)16-3-1-2-8-23(16)18-22-15-7-5-12(20)10-17(15)24-18/h4-7,9-10,16H,1-3,8H2. The van der Waals surface area contributed by atoms with E-state index < -0.39 is 17.5 Å². The first-order valence-corrected chi connectivity index (χ1v) is 7.89. The molecule has 0 saturated carbocycles. The molecule has 1 aliphatic rings. The summed E-state index contributed by atoms with van der Waals surface area (Å²) < 4.78 is 46.4. The van der Waals surface area contributed by atoms with E-state index in [1.165, 1.54) is 24.3 Å². The van der Waals surface area contributed by atoms with Crippen molar-refractivity contribution < 1.29 is 17.6 Å². The van der Waals surface area contributed by atoms with Gasteiger partial charge in [-0.1, -0.05) is 6.07 Å². The van der Waals surface area contributed by atoms with Crippen LogP contribution in [0.4, 0.5) is 19.2 Å². The smallest absolute Gasteiger partial charge is 0.298 e. The second-order valence-electron chi connectivity index (χ2n) is 5.98. The van der Waals surface area contributed by atoms with Crippen LogP contribution in [0.2, 0.25) is 0 Å². The molecule has 3 nitrogen and oxygen atoms in total. The molecule has 0 spiro atoms. The number of halogens is 3. The summed E-state index contributed by atoms with van der Waals surface area (Å²) in [7, 11) is 0. The molecule has 24 heavy (non-hydrogen) atoms. The highest BCUT2D eigenvalue weighted by molar-refractivity contribution is 5.74. The number of nitrogens with zero attached hydrogens (tertiary/aromatic N) is 2. The Bertz CT molecular complexity index is 893. The van der Waals surface area contributed by atoms with Crippen molar-refractivity contribution in [2.24, 2.45) is 0 Å². The molecule has 0 aliphatic carbocycles. The lowest BCUT2D eigenvalue weighted by molar-refractivity contribution is 0.420. The average molecular weight is 332 g/mol. The molecule has 1 aromatic heterocycles. The number of piperidine rings is 1. The van der Waals surface area contributed by atoms with Crippen molar-refractivity contribution in [1.29, 1.82) is 0 Å². The number of fused-ring (bicyclic) bond motifs is 1. The van der Waals surface area contributed by atoms with E-state index in [0.717, 1.165) is 25.3 Å². The first-order valence-electron chi connectivity index (χ1n) is 7.89. The maximum Gasteiger partial charge on any atom is 0.298 e. The molecule has 0 radical (unpaired) electrons. The highest BCUT2D eigenvalue weighted by Gasteiger charge is 2.29. The highest BCUT2D eigenvalue weighted by atomic mass is 19.1. The minimum Gasteiger partial charge on any atom is -0.423 e. The Balaban J connectivity index is 1.75. The predicted molar refractivity (Wildman–Crippen MR) is 84.3 cm³/mol. The first-order chi connectivity index (χ1) is 11.6. The van der Waals surface area contributed by atoms with Gasteiger partial charge in [0.2, 0.25) is 0 Å². The van der Waals surface area contributed by atoms with E-state index in [9.17, 15) is 13.2 Å². The number of aromatic nitrogens is 1. The first kappa shape index (κ1) is 15.1. The van der Waals surface area contributed by atoms with Gasteiger partial charge < -0.3 is 9.32 Å². The number of anilines is 1. The molecule has 4 rings (SSSR count). The van der Waals surface area contributed by atoms with Gasteiger partial charge in [-0.2, -0.15) is 4.98 Å². The topological polar surface area (TPSA) is 29.3 Å². The van der Waals surface area contributed by atoms with Crippen molar-refractivity contribution in [2.45, 2.75) is 25.3 Å². The van der Waals surface area contributed by atoms with Crippen LogP contribution in [0.25, 0.3) is 11.1 Å². The molecule has 0 amide bonds. The second-order valence-corrected chi connectivity index (χ2v) is 5.98. The summed E-state index contributed by atoms with van der Waals surface area (Å²) in [4.78, 5) is 6.27. The lowest BCUT2D eigenvalue weighted by atomic mass is 9.95. The van der Waals surface area contributed by atoms with Gasteiger partial charge >= 0.3 is 0 Å². The van der Waals surface area contributed by atoms with Crippen molar-refractivity contribution in [2.75, 3.05) is 11.4 Å². The van der Waals surface area contributed by atoms with Gasteiger partial charge in [0, 0.05) is 24.2 Å². The average Bonchev–Trinajstić information content (AvgIpc) is 2.98. The molecule has 124 valence electrons. The van der Waals surface area contributed by atoms with Crippen molar-refractivity contribution in [3.8, 4) is 0 Å². The summed E-state index contributed by atoms with van der Waals surface area (Å²) in [5.74, 6) is -1.57. The van der Waals surface area contributed by atoms with Crippen LogP contribution in [0, 0.1) is 17.5 Å². The van der Waals surface area contributed by atoms with Crippen LogP contribution in [0.3, 0.4) is 0 Å². The lowest BCUT2D eigenvalue weighted by Crippen LogP contribution is -2.34. The van der Waals surface area contributed by atoms with Gasteiger partial charge in [0.25, 0.3) is 6.01 Å². The minimum atomic E-state index is -0.601. The fourth-order valence-electron chi connectivity index (χ4n) is 3.26. The van der Waals surface area contributed by atoms with Crippen molar-refractivity contribution in [1.82, 2.24) is 4.98 Å². The Morgan fingerprint density at radius 1 is 1.00 bits per heavy atom. The number of hydrogen-bond acceptors (Lipinski definition) is 3. The Morgan fingerprint density at radius 3 is 2.62 bits per heavy atom. The summed E-state index contributed by atoms with van der Waals surface area (Å²) in [5, 5.41) is 0. The number of rotatable bonds is 2. The number of hydrogen-bond donors (Lipinski definition) is 0. The van der Waals surface area contributed by atoms with E-state index in [2.05, 4.69) is 4.98 Å². The third kappa shape index (κ3) is 2.62. The number of benzene rings is 2. The summed E-state index contributed by atoms with van der Waals surface area (Å²) in [6.45, 7) is 0.650. The van der Waals surface area contributed by atoms with Crippen LogP contribution in [-0.2, 0) is 0 Å². The fraction of sp³-hybridized carbons (Fsp3) is 0.278. The van der Waals surface area contributed by atoms with Gasteiger partial charge in [-0.05, 0) is 37.5 Å². The molecule has 2 heterocycles. The largest absolute Gasteiger partial charge is 0.423 e. The maximum atomic E-state index is 14.2. The quantitative estimate of drug-likeness (QED) is 0.663. The minimum absolute atomic E-state index is 0.280. The normalized spacial score (nSPS) is 18.3. The summed E-state index contributed by atoms with van der Waals surface area (Å²) >= 11 is 0. The van der Waals surface area contributed by atoms with E-state index in [-0.39, 0.29) is 6.04 Å². The summed E-state index contributed by atoms with van der Waals surface area (Å²) in [6, 6.07) is 7.83. The van der Waals surface area contributed by atoms with Crippen molar-refractivity contribution >= 4 is 17.1 Å². The van der Waals surface area contributed by atoms with E-state index in [1.54, 1.807) is 6.07 Å². The Kier molecular flexibility index (Phi) is 3.67. The maximum absolute atomic E-state index is 14.2. The Morgan fingerprint density at radius 2 is 1.79 bits per heavy atom. The molecule has 3 aromatic rings. The van der Waals surface area contributed by atoms with Gasteiger partial charge in [0.05, 0.1) is 6.04 Å². The lowest BCUT2D eigenvalue weighted by Gasteiger charge is -2.35. The predicted octanol–water partition coefficient (Wildman–Crippen LogP) is 4.98. The second kappa shape index (κ2) is 5.85. The van der Waals surface area contributed by atoms with Crippen LogP contribution in [0.15, 0.2) is 40.8 Å². The van der Waals surface area contributed by atoms with Crippen LogP contribution < -0.4 is 4.90 Å². The number of oxazole rings is 1. The molecular weight excluding hydrogens is 317 g/mol. The monoisotopic (exact) mass is 332 g/mol. The van der Waals surface area contributed by atoms with Gasteiger partial charge in [-0.25, -0.2) is 13.2 Å². The third-order valence-electron chi connectivity index (χ3n) is 4.41. The summed E-state index contributed by atoms with van der Waals surface area (Å²) in [5.41, 5.74) is 1.33. The van der Waals surface area contributed by atoms with Gasteiger partial charge in [0.1, 0.15) is 23.0 Å².